The highest BCUT2D eigenvalue weighted by Crippen LogP contribution is 2.35. The first-order chi connectivity index (χ1) is 8.28. The summed E-state index contributed by atoms with van der Waals surface area (Å²) in [7, 11) is 0. The molecule has 1 heterocycles. The van der Waals surface area contributed by atoms with Gasteiger partial charge in [0, 0.05) is 12.5 Å². The average Bonchev–Trinajstić information content (AvgIpc) is 2.58. The van der Waals surface area contributed by atoms with Gasteiger partial charge >= 0.3 is 6.36 Å². The van der Waals surface area contributed by atoms with Crippen molar-refractivity contribution in [3.63, 3.8) is 0 Å². The molecule has 0 radical (unpaired) electrons. The van der Waals surface area contributed by atoms with E-state index in [2.05, 4.69) is 9.73 Å². The fourth-order valence-corrected chi connectivity index (χ4v) is 1.59. The van der Waals surface area contributed by atoms with Gasteiger partial charge in [0.2, 0.25) is 0 Å². The smallest absolute Gasteiger partial charge is 0.439 e. The van der Waals surface area contributed by atoms with Gasteiger partial charge in [-0.25, -0.2) is 4.99 Å². The molecule has 1 unspecified atom stereocenters. The summed E-state index contributed by atoms with van der Waals surface area (Å²) in [6.45, 7) is 1.19. The molecule has 1 aliphatic rings. The molecular formula is C11H9F4NO2. The van der Waals surface area contributed by atoms with Gasteiger partial charge in [0.15, 0.2) is 5.90 Å². The quantitative estimate of drug-likeness (QED) is 0.767. The minimum atomic E-state index is -4.81. The van der Waals surface area contributed by atoms with E-state index >= 15 is 0 Å². The van der Waals surface area contributed by atoms with E-state index in [-0.39, 0.29) is 18.0 Å². The van der Waals surface area contributed by atoms with Crippen LogP contribution in [0.4, 0.5) is 17.6 Å². The van der Waals surface area contributed by atoms with Gasteiger partial charge in [-0.2, -0.15) is 4.39 Å². The van der Waals surface area contributed by atoms with Crippen molar-refractivity contribution >= 4 is 5.90 Å². The fourth-order valence-electron chi connectivity index (χ4n) is 1.59. The van der Waals surface area contributed by atoms with Crippen LogP contribution in [-0.2, 0) is 10.6 Å². The molecule has 0 N–H and O–H groups in total. The van der Waals surface area contributed by atoms with E-state index in [1.54, 1.807) is 0 Å². The molecule has 98 valence electrons. The van der Waals surface area contributed by atoms with Crippen molar-refractivity contribution in [2.45, 2.75) is 19.1 Å². The Balaban J connectivity index is 2.23. The molecule has 0 aromatic heterocycles. The predicted octanol–water partition coefficient (Wildman–Crippen LogP) is 3.16. The molecule has 0 aliphatic carbocycles. The summed E-state index contributed by atoms with van der Waals surface area (Å²) >= 11 is 0. The monoisotopic (exact) mass is 263 g/mol. The van der Waals surface area contributed by atoms with Crippen molar-refractivity contribution in [1.82, 2.24) is 0 Å². The number of nitrogens with zero attached hydrogens (tertiary/aromatic N) is 1. The van der Waals surface area contributed by atoms with Crippen LogP contribution in [0.15, 0.2) is 29.3 Å². The third-order valence-corrected chi connectivity index (χ3v) is 2.31. The van der Waals surface area contributed by atoms with Crippen molar-refractivity contribution < 1.29 is 27.0 Å². The van der Waals surface area contributed by atoms with E-state index < -0.39 is 18.0 Å². The van der Waals surface area contributed by atoms with Crippen molar-refractivity contribution in [1.29, 1.82) is 0 Å². The molecule has 1 aromatic rings. The van der Waals surface area contributed by atoms with Crippen molar-refractivity contribution in [2.24, 2.45) is 4.99 Å². The number of halogens is 4. The molecule has 0 saturated heterocycles. The maximum atomic E-state index is 14.2. The number of hydrogen-bond acceptors (Lipinski definition) is 3. The molecule has 0 saturated carbocycles. The largest absolute Gasteiger partial charge is 0.573 e. The van der Waals surface area contributed by atoms with E-state index in [4.69, 9.17) is 4.74 Å². The minimum absolute atomic E-state index is 0.0650. The number of rotatable bonds is 2. The summed E-state index contributed by atoms with van der Waals surface area (Å²) in [6, 6.07) is 4.61. The van der Waals surface area contributed by atoms with Crippen LogP contribution in [0, 0.1) is 0 Å². The Kier molecular flexibility index (Phi) is 2.92. The van der Waals surface area contributed by atoms with Crippen LogP contribution in [0.25, 0.3) is 0 Å². The summed E-state index contributed by atoms with van der Waals surface area (Å²) in [5.74, 6) is -2.57. The van der Waals surface area contributed by atoms with E-state index in [0.29, 0.717) is 0 Å². The summed E-state index contributed by atoms with van der Waals surface area (Å²) in [6.07, 6.45) is -4.81. The van der Waals surface area contributed by atoms with Crippen molar-refractivity contribution in [2.75, 3.05) is 6.54 Å². The normalized spacial score (nSPS) is 23.5. The van der Waals surface area contributed by atoms with Crippen LogP contribution in [0.1, 0.15) is 12.5 Å². The van der Waals surface area contributed by atoms with Crippen LogP contribution in [0.3, 0.4) is 0 Å². The van der Waals surface area contributed by atoms with E-state index in [9.17, 15) is 17.6 Å². The second kappa shape index (κ2) is 4.15. The lowest BCUT2D eigenvalue weighted by Gasteiger charge is -2.20. The topological polar surface area (TPSA) is 30.8 Å². The Hall–Kier alpha value is -1.79. The van der Waals surface area contributed by atoms with Gasteiger partial charge in [0.1, 0.15) is 12.3 Å². The summed E-state index contributed by atoms with van der Waals surface area (Å²) in [5, 5.41) is 0. The van der Waals surface area contributed by atoms with Gasteiger partial charge in [-0.15, -0.1) is 13.2 Å². The summed E-state index contributed by atoms with van der Waals surface area (Å²) in [5.41, 5.74) is -0.0650. The fraction of sp³-hybridized carbons (Fsp3) is 0.364. The summed E-state index contributed by atoms with van der Waals surface area (Å²) < 4.78 is 58.9. The molecule has 18 heavy (non-hydrogen) atoms. The Bertz CT molecular complexity index is 486. The van der Waals surface area contributed by atoms with E-state index in [1.807, 2.05) is 0 Å². The lowest BCUT2D eigenvalue weighted by molar-refractivity contribution is -0.274. The van der Waals surface area contributed by atoms with Gasteiger partial charge in [-0.05, 0) is 12.1 Å². The lowest BCUT2D eigenvalue weighted by atomic mass is 10.1. The highest BCUT2D eigenvalue weighted by molar-refractivity contribution is 5.75. The third kappa shape index (κ3) is 2.72. The SMILES string of the molecule is CC1=NCC(F)(c2cccc(OC(F)(F)F)c2)O1. The van der Waals surface area contributed by atoms with Crippen LogP contribution in [0.2, 0.25) is 0 Å². The molecule has 0 bridgehead atoms. The zero-order valence-corrected chi connectivity index (χ0v) is 9.29. The Morgan fingerprint density at radius 2 is 2.11 bits per heavy atom. The molecule has 0 amide bonds. The van der Waals surface area contributed by atoms with Crippen molar-refractivity contribution in [3.8, 4) is 5.75 Å². The van der Waals surface area contributed by atoms with Crippen LogP contribution < -0.4 is 4.74 Å². The molecule has 0 fully saturated rings. The Morgan fingerprint density at radius 1 is 1.39 bits per heavy atom. The molecule has 1 atom stereocenters. The van der Waals surface area contributed by atoms with Gasteiger partial charge in [-0.1, -0.05) is 12.1 Å². The van der Waals surface area contributed by atoms with Gasteiger partial charge < -0.3 is 9.47 Å². The van der Waals surface area contributed by atoms with Crippen LogP contribution in [0.5, 0.6) is 5.75 Å². The van der Waals surface area contributed by atoms with Crippen LogP contribution in [-0.4, -0.2) is 18.8 Å². The number of hydrogen-bond donors (Lipinski definition) is 0. The molecular weight excluding hydrogens is 254 g/mol. The number of ether oxygens (including phenoxy) is 2. The molecule has 1 aliphatic heterocycles. The second-order valence-electron chi connectivity index (χ2n) is 3.74. The van der Waals surface area contributed by atoms with Gasteiger partial charge in [-0.3, -0.25) is 0 Å². The van der Waals surface area contributed by atoms with Crippen molar-refractivity contribution in [3.05, 3.63) is 29.8 Å². The first-order valence-corrected chi connectivity index (χ1v) is 5.04. The van der Waals surface area contributed by atoms with Crippen LogP contribution >= 0.6 is 0 Å². The maximum absolute atomic E-state index is 14.2. The maximum Gasteiger partial charge on any atom is 0.573 e. The second-order valence-corrected chi connectivity index (χ2v) is 3.74. The summed E-state index contributed by atoms with van der Waals surface area (Å²) in [4.78, 5) is 3.73. The lowest BCUT2D eigenvalue weighted by Crippen LogP contribution is -2.24. The minimum Gasteiger partial charge on any atom is -0.439 e. The standard InChI is InChI=1S/C11H9F4NO2/c1-7-16-6-10(12,17-7)8-3-2-4-9(5-8)18-11(13,14)15/h2-5H,6H2,1H3. The molecule has 2 rings (SSSR count). The van der Waals surface area contributed by atoms with Gasteiger partial charge in [0.25, 0.3) is 5.85 Å². The number of alkyl halides is 4. The highest BCUT2D eigenvalue weighted by Gasteiger charge is 2.39. The van der Waals surface area contributed by atoms with Gasteiger partial charge in [0.05, 0.1) is 0 Å². The Labute approximate surface area is 100 Å². The molecule has 3 nitrogen and oxygen atoms in total. The molecule has 7 heteroatoms. The predicted molar refractivity (Wildman–Crippen MR) is 55.0 cm³/mol. The van der Waals surface area contributed by atoms with E-state index in [0.717, 1.165) is 12.1 Å². The number of aliphatic imine (C=N–C) groups is 1. The third-order valence-electron chi connectivity index (χ3n) is 2.31. The van der Waals surface area contributed by atoms with E-state index in [1.165, 1.54) is 19.1 Å². The zero-order chi connectivity index (χ0) is 13.4. The number of benzene rings is 1. The Morgan fingerprint density at radius 3 is 2.67 bits per heavy atom. The zero-order valence-electron chi connectivity index (χ0n) is 9.29. The molecule has 0 spiro atoms. The first-order valence-electron chi connectivity index (χ1n) is 5.04. The molecule has 1 aromatic carbocycles. The first kappa shape index (κ1) is 12.7. The average molecular weight is 263 g/mol. The highest BCUT2D eigenvalue weighted by atomic mass is 19.4.